The lowest BCUT2D eigenvalue weighted by Crippen LogP contribution is -2.48. The van der Waals surface area contributed by atoms with E-state index in [0.717, 1.165) is 51.6 Å². The van der Waals surface area contributed by atoms with E-state index in [4.69, 9.17) is 9.47 Å². The second-order valence-corrected chi connectivity index (χ2v) is 5.63. The zero-order valence-electron chi connectivity index (χ0n) is 13.0. The van der Waals surface area contributed by atoms with Crippen molar-refractivity contribution >= 4 is 11.8 Å². The highest BCUT2D eigenvalue weighted by molar-refractivity contribution is 5.69. The van der Waals surface area contributed by atoms with E-state index in [0.29, 0.717) is 6.61 Å². The summed E-state index contributed by atoms with van der Waals surface area (Å²) < 4.78 is 10.1. The standard InChI is InChI=1S/C16H23N3O3/c1-21-15-4-2-14(3-5-15)18-9-6-17(7-10-18)8-11-19-12-13-22-16(19)20/h2-5H,6-13H2,1H3. The number of hydrogen-bond acceptors (Lipinski definition) is 5. The van der Waals surface area contributed by atoms with Crippen LogP contribution in [-0.4, -0.2) is 75.4 Å². The Morgan fingerprint density at radius 1 is 1.05 bits per heavy atom. The molecule has 120 valence electrons. The van der Waals surface area contributed by atoms with E-state index in [-0.39, 0.29) is 6.09 Å². The van der Waals surface area contributed by atoms with E-state index in [1.807, 2.05) is 12.1 Å². The highest BCUT2D eigenvalue weighted by atomic mass is 16.6. The number of hydrogen-bond donors (Lipinski definition) is 0. The molecule has 2 heterocycles. The summed E-state index contributed by atoms with van der Waals surface area (Å²) in [5, 5.41) is 0. The summed E-state index contributed by atoms with van der Waals surface area (Å²) in [6, 6.07) is 8.21. The van der Waals surface area contributed by atoms with Crippen molar-refractivity contribution in [2.45, 2.75) is 0 Å². The number of ether oxygens (including phenoxy) is 2. The number of nitrogens with zero attached hydrogens (tertiary/aromatic N) is 3. The van der Waals surface area contributed by atoms with Crippen LogP contribution in [0.1, 0.15) is 0 Å². The third-order valence-electron chi connectivity index (χ3n) is 4.34. The van der Waals surface area contributed by atoms with Gasteiger partial charge in [-0.25, -0.2) is 4.79 Å². The number of carbonyl (C=O) groups excluding carboxylic acids is 1. The average molecular weight is 305 g/mol. The van der Waals surface area contributed by atoms with Crippen LogP contribution in [0.15, 0.2) is 24.3 Å². The number of anilines is 1. The summed E-state index contributed by atoms with van der Waals surface area (Å²) in [5.74, 6) is 0.889. The molecule has 2 saturated heterocycles. The van der Waals surface area contributed by atoms with Crippen LogP contribution in [-0.2, 0) is 4.74 Å². The fourth-order valence-corrected chi connectivity index (χ4v) is 2.91. The number of cyclic esters (lactones) is 1. The molecule has 6 nitrogen and oxygen atoms in total. The van der Waals surface area contributed by atoms with Gasteiger partial charge in [-0.15, -0.1) is 0 Å². The van der Waals surface area contributed by atoms with Crippen LogP contribution in [0.5, 0.6) is 5.75 Å². The molecular weight excluding hydrogens is 282 g/mol. The van der Waals surface area contributed by atoms with Gasteiger partial charge in [0.1, 0.15) is 12.4 Å². The Labute approximate surface area is 131 Å². The van der Waals surface area contributed by atoms with Crippen molar-refractivity contribution in [3.05, 3.63) is 24.3 Å². The summed E-state index contributed by atoms with van der Waals surface area (Å²) in [4.78, 5) is 18.0. The van der Waals surface area contributed by atoms with Crippen molar-refractivity contribution in [3.8, 4) is 5.75 Å². The summed E-state index contributed by atoms with van der Waals surface area (Å²) in [6.45, 7) is 7.01. The zero-order chi connectivity index (χ0) is 15.4. The topological polar surface area (TPSA) is 45.2 Å². The first-order valence-corrected chi connectivity index (χ1v) is 7.79. The van der Waals surface area contributed by atoms with Gasteiger partial charge < -0.3 is 19.3 Å². The van der Waals surface area contributed by atoms with Crippen molar-refractivity contribution in [2.24, 2.45) is 0 Å². The molecule has 0 atom stereocenters. The second-order valence-electron chi connectivity index (χ2n) is 5.63. The Morgan fingerprint density at radius 3 is 2.36 bits per heavy atom. The third-order valence-corrected chi connectivity index (χ3v) is 4.34. The number of carbonyl (C=O) groups is 1. The van der Waals surface area contributed by atoms with Gasteiger partial charge in [0.2, 0.25) is 0 Å². The van der Waals surface area contributed by atoms with Crippen molar-refractivity contribution in [3.63, 3.8) is 0 Å². The maximum atomic E-state index is 11.4. The Morgan fingerprint density at radius 2 is 1.77 bits per heavy atom. The minimum atomic E-state index is -0.170. The monoisotopic (exact) mass is 305 g/mol. The Bertz CT molecular complexity index is 498. The summed E-state index contributed by atoms with van der Waals surface area (Å²) in [7, 11) is 1.68. The highest BCUT2D eigenvalue weighted by Gasteiger charge is 2.23. The molecule has 6 heteroatoms. The van der Waals surface area contributed by atoms with Crippen LogP contribution in [0.2, 0.25) is 0 Å². The molecule has 0 radical (unpaired) electrons. The molecule has 0 aromatic heterocycles. The van der Waals surface area contributed by atoms with Gasteiger partial charge in [-0.3, -0.25) is 4.90 Å². The first kappa shape index (κ1) is 15.0. The fourth-order valence-electron chi connectivity index (χ4n) is 2.91. The van der Waals surface area contributed by atoms with Crippen LogP contribution < -0.4 is 9.64 Å². The highest BCUT2D eigenvalue weighted by Crippen LogP contribution is 2.20. The molecule has 1 amide bonds. The van der Waals surface area contributed by atoms with E-state index >= 15 is 0 Å². The number of amides is 1. The molecule has 0 N–H and O–H groups in total. The summed E-state index contributed by atoms with van der Waals surface area (Å²) in [6.07, 6.45) is -0.170. The van der Waals surface area contributed by atoms with Gasteiger partial charge in [0.25, 0.3) is 0 Å². The van der Waals surface area contributed by atoms with Crippen LogP contribution in [0, 0.1) is 0 Å². The van der Waals surface area contributed by atoms with Crippen molar-refractivity contribution < 1.29 is 14.3 Å². The maximum Gasteiger partial charge on any atom is 0.409 e. The number of benzene rings is 1. The maximum absolute atomic E-state index is 11.4. The smallest absolute Gasteiger partial charge is 0.409 e. The SMILES string of the molecule is COc1ccc(N2CCN(CCN3CCOC3=O)CC2)cc1. The van der Waals surface area contributed by atoms with E-state index < -0.39 is 0 Å². The number of piperazine rings is 1. The van der Waals surface area contributed by atoms with Crippen LogP contribution in [0.3, 0.4) is 0 Å². The van der Waals surface area contributed by atoms with Gasteiger partial charge in [0.05, 0.1) is 13.7 Å². The minimum Gasteiger partial charge on any atom is -0.497 e. The quantitative estimate of drug-likeness (QED) is 0.820. The van der Waals surface area contributed by atoms with E-state index in [2.05, 4.69) is 21.9 Å². The molecule has 0 bridgehead atoms. The largest absolute Gasteiger partial charge is 0.497 e. The predicted octanol–water partition coefficient (Wildman–Crippen LogP) is 1.27. The van der Waals surface area contributed by atoms with Crippen molar-refractivity contribution in [1.29, 1.82) is 0 Å². The fraction of sp³-hybridized carbons (Fsp3) is 0.562. The first-order valence-electron chi connectivity index (χ1n) is 7.79. The third kappa shape index (κ3) is 3.44. The normalized spacial score (nSPS) is 19.4. The van der Waals surface area contributed by atoms with Crippen LogP contribution >= 0.6 is 0 Å². The van der Waals surface area contributed by atoms with Gasteiger partial charge in [-0.1, -0.05) is 0 Å². The van der Waals surface area contributed by atoms with Gasteiger partial charge >= 0.3 is 6.09 Å². The minimum absolute atomic E-state index is 0.170. The molecule has 0 spiro atoms. The summed E-state index contributed by atoms with van der Waals surface area (Å²) in [5.41, 5.74) is 1.24. The van der Waals surface area contributed by atoms with E-state index in [1.165, 1.54) is 5.69 Å². The zero-order valence-corrected chi connectivity index (χ0v) is 13.0. The molecule has 2 fully saturated rings. The lowest BCUT2D eigenvalue weighted by Gasteiger charge is -2.36. The predicted molar refractivity (Wildman–Crippen MR) is 84.6 cm³/mol. The van der Waals surface area contributed by atoms with Gasteiger partial charge in [0.15, 0.2) is 0 Å². The summed E-state index contributed by atoms with van der Waals surface area (Å²) >= 11 is 0. The first-order chi connectivity index (χ1) is 10.8. The average Bonchev–Trinajstić information content (AvgIpc) is 2.99. The Kier molecular flexibility index (Phi) is 4.68. The van der Waals surface area contributed by atoms with Crippen molar-refractivity contribution in [2.75, 3.05) is 64.4 Å². The molecular formula is C16H23N3O3. The Hall–Kier alpha value is -1.95. The lowest BCUT2D eigenvalue weighted by atomic mass is 10.2. The molecule has 22 heavy (non-hydrogen) atoms. The Balaban J connectivity index is 1.44. The number of rotatable bonds is 5. The molecule has 3 rings (SSSR count). The van der Waals surface area contributed by atoms with Gasteiger partial charge in [0, 0.05) is 45.0 Å². The second kappa shape index (κ2) is 6.87. The number of methoxy groups -OCH3 is 1. The van der Waals surface area contributed by atoms with Crippen LogP contribution in [0.4, 0.5) is 10.5 Å². The molecule has 1 aromatic carbocycles. The molecule has 1 aromatic rings. The lowest BCUT2D eigenvalue weighted by molar-refractivity contribution is 0.152. The molecule has 0 saturated carbocycles. The van der Waals surface area contributed by atoms with E-state index in [9.17, 15) is 4.79 Å². The molecule has 2 aliphatic rings. The van der Waals surface area contributed by atoms with Gasteiger partial charge in [-0.05, 0) is 24.3 Å². The molecule has 0 aliphatic carbocycles. The molecule has 0 unspecified atom stereocenters. The van der Waals surface area contributed by atoms with Gasteiger partial charge in [-0.2, -0.15) is 0 Å². The van der Waals surface area contributed by atoms with Crippen LogP contribution in [0.25, 0.3) is 0 Å². The molecule has 2 aliphatic heterocycles. The van der Waals surface area contributed by atoms with Crippen molar-refractivity contribution in [1.82, 2.24) is 9.80 Å². The van der Waals surface area contributed by atoms with E-state index in [1.54, 1.807) is 12.0 Å².